The van der Waals surface area contributed by atoms with Crippen molar-refractivity contribution in [3.63, 3.8) is 0 Å². The van der Waals surface area contributed by atoms with Gasteiger partial charge in [-0.1, -0.05) is 13.8 Å². The Morgan fingerprint density at radius 3 is 2.69 bits per heavy atom. The number of rotatable bonds is 8. The number of pyridine rings is 1. The van der Waals surface area contributed by atoms with Gasteiger partial charge in [0.1, 0.15) is 0 Å². The average molecular weight is 435 g/mol. The molecule has 0 aromatic carbocycles. The first-order valence-corrected chi connectivity index (χ1v) is 10.7. The van der Waals surface area contributed by atoms with E-state index < -0.39 is 0 Å². The molecule has 1 atom stereocenters. The Morgan fingerprint density at radius 2 is 2.07 bits per heavy atom. The predicted molar refractivity (Wildman–Crippen MR) is 116 cm³/mol. The second-order valence-corrected chi connectivity index (χ2v) is 8.01. The Labute approximate surface area is 178 Å². The Balaban J connectivity index is 2.02. The average Bonchev–Trinajstić information content (AvgIpc) is 2.72. The summed E-state index contributed by atoms with van der Waals surface area (Å²) in [5.41, 5.74) is 1.26. The van der Waals surface area contributed by atoms with Crippen LogP contribution in [0.2, 0.25) is 5.28 Å². The SMILES string of the molecule is CCSc1ccc(CNc2nc3c(OC)nc(Cl)nc3n([C@H](C)CC)c2=O)nc1. The summed E-state index contributed by atoms with van der Waals surface area (Å²) in [6.07, 6.45) is 2.57. The van der Waals surface area contributed by atoms with E-state index in [0.717, 1.165) is 22.8 Å². The first-order valence-electron chi connectivity index (χ1n) is 9.33. The van der Waals surface area contributed by atoms with Crippen LogP contribution in [0.15, 0.2) is 28.0 Å². The first-order chi connectivity index (χ1) is 14.0. The van der Waals surface area contributed by atoms with Crippen LogP contribution in [0, 0.1) is 0 Å². The van der Waals surface area contributed by atoms with E-state index in [1.165, 1.54) is 7.11 Å². The van der Waals surface area contributed by atoms with Gasteiger partial charge in [0.15, 0.2) is 17.0 Å². The van der Waals surface area contributed by atoms with Crippen LogP contribution in [-0.2, 0) is 6.54 Å². The standard InChI is InChI=1S/C19H23ClN6O2S/c1-5-11(3)26-16-14(17(28-4)25-19(20)24-16)23-15(18(26)27)22-9-12-7-8-13(10-21-12)29-6-2/h7-8,10-11H,5-6,9H2,1-4H3,(H,22,23)/t11-/m1/s1. The molecule has 0 fully saturated rings. The van der Waals surface area contributed by atoms with Crippen molar-refractivity contribution in [3.05, 3.63) is 39.7 Å². The van der Waals surface area contributed by atoms with Crippen LogP contribution in [-0.4, -0.2) is 37.4 Å². The fourth-order valence-electron chi connectivity index (χ4n) is 2.82. The van der Waals surface area contributed by atoms with E-state index >= 15 is 0 Å². The topological polar surface area (TPSA) is 94.8 Å². The summed E-state index contributed by atoms with van der Waals surface area (Å²) in [5, 5.41) is 3.10. The number of nitrogens with one attached hydrogen (secondary N) is 1. The fourth-order valence-corrected chi connectivity index (χ4v) is 3.61. The largest absolute Gasteiger partial charge is 0.479 e. The molecule has 3 aromatic heterocycles. The van der Waals surface area contributed by atoms with Crippen LogP contribution < -0.4 is 15.6 Å². The van der Waals surface area contributed by atoms with Gasteiger partial charge in [-0.2, -0.15) is 9.97 Å². The van der Waals surface area contributed by atoms with Crippen LogP contribution in [0.1, 0.15) is 38.9 Å². The van der Waals surface area contributed by atoms with Gasteiger partial charge < -0.3 is 10.1 Å². The van der Waals surface area contributed by atoms with Crippen LogP contribution in [0.5, 0.6) is 5.88 Å². The molecule has 8 nitrogen and oxygen atoms in total. The number of aromatic nitrogens is 5. The Morgan fingerprint density at radius 1 is 1.28 bits per heavy atom. The third kappa shape index (κ3) is 4.62. The molecular formula is C19H23ClN6O2S. The maximum atomic E-state index is 13.1. The molecule has 154 valence electrons. The lowest BCUT2D eigenvalue weighted by molar-refractivity contribution is 0.400. The normalized spacial score (nSPS) is 12.2. The summed E-state index contributed by atoms with van der Waals surface area (Å²) in [6, 6.07) is 3.85. The van der Waals surface area contributed by atoms with Crippen LogP contribution in [0.3, 0.4) is 0 Å². The van der Waals surface area contributed by atoms with Gasteiger partial charge in [0.25, 0.3) is 5.56 Å². The minimum atomic E-state index is -0.276. The van der Waals surface area contributed by atoms with Crippen molar-refractivity contribution in [2.45, 2.75) is 44.7 Å². The number of hydrogen-bond donors (Lipinski definition) is 1. The second-order valence-electron chi connectivity index (χ2n) is 6.34. The van der Waals surface area contributed by atoms with Gasteiger partial charge in [0, 0.05) is 17.1 Å². The summed E-state index contributed by atoms with van der Waals surface area (Å²) in [4.78, 5) is 31.4. The second kappa shape index (κ2) is 9.41. The van der Waals surface area contributed by atoms with E-state index in [1.807, 2.05) is 32.2 Å². The molecule has 3 aromatic rings. The minimum Gasteiger partial charge on any atom is -0.479 e. The van der Waals surface area contributed by atoms with E-state index in [2.05, 4.69) is 32.2 Å². The molecule has 0 aliphatic heterocycles. The molecule has 10 heteroatoms. The Kier molecular flexibility index (Phi) is 6.92. The molecule has 0 amide bonds. The van der Waals surface area contributed by atoms with Crippen LogP contribution in [0.4, 0.5) is 5.82 Å². The molecule has 0 spiro atoms. The molecule has 1 N–H and O–H groups in total. The van der Waals surface area contributed by atoms with Gasteiger partial charge >= 0.3 is 0 Å². The van der Waals surface area contributed by atoms with E-state index in [1.54, 1.807) is 16.3 Å². The number of hydrogen-bond acceptors (Lipinski definition) is 8. The number of halogens is 1. The molecule has 0 unspecified atom stereocenters. The first kappa shape index (κ1) is 21.3. The molecular weight excluding hydrogens is 412 g/mol. The smallest absolute Gasteiger partial charge is 0.295 e. The van der Waals surface area contributed by atoms with Gasteiger partial charge in [0.2, 0.25) is 11.2 Å². The van der Waals surface area contributed by atoms with E-state index in [0.29, 0.717) is 17.7 Å². The highest BCUT2D eigenvalue weighted by molar-refractivity contribution is 7.99. The van der Waals surface area contributed by atoms with Crippen molar-refractivity contribution in [1.82, 2.24) is 24.5 Å². The van der Waals surface area contributed by atoms with Gasteiger partial charge in [-0.05, 0) is 42.8 Å². The number of anilines is 1. The molecule has 3 rings (SSSR count). The van der Waals surface area contributed by atoms with Crippen molar-refractivity contribution >= 4 is 40.3 Å². The zero-order valence-electron chi connectivity index (χ0n) is 16.8. The van der Waals surface area contributed by atoms with Gasteiger partial charge in [0.05, 0.1) is 19.3 Å². The highest BCUT2D eigenvalue weighted by Crippen LogP contribution is 2.25. The highest BCUT2D eigenvalue weighted by atomic mass is 35.5. The number of thioether (sulfide) groups is 1. The quantitative estimate of drug-likeness (QED) is 0.420. The Hall–Kier alpha value is -2.39. The third-order valence-electron chi connectivity index (χ3n) is 4.45. The number of fused-ring (bicyclic) bond motifs is 1. The number of ether oxygens (including phenoxy) is 1. The number of methoxy groups -OCH3 is 1. The summed E-state index contributed by atoms with van der Waals surface area (Å²) >= 11 is 7.75. The third-order valence-corrected chi connectivity index (χ3v) is 5.48. The summed E-state index contributed by atoms with van der Waals surface area (Å²) in [5.74, 6) is 1.40. The maximum absolute atomic E-state index is 13.1. The summed E-state index contributed by atoms with van der Waals surface area (Å²) in [7, 11) is 1.48. The molecule has 0 radical (unpaired) electrons. The molecule has 0 saturated carbocycles. The van der Waals surface area contributed by atoms with Gasteiger partial charge in [-0.25, -0.2) is 4.98 Å². The van der Waals surface area contributed by atoms with Crippen LogP contribution in [0.25, 0.3) is 11.2 Å². The predicted octanol–water partition coefficient (Wildman–Crippen LogP) is 3.94. The van der Waals surface area contributed by atoms with Crippen molar-refractivity contribution in [2.24, 2.45) is 0 Å². The summed E-state index contributed by atoms with van der Waals surface area (Å²) < 4.78 is 6.89. The lowest BCUT2D eigenvalue weighted by Crippen LogP contribution is -2.28. The molecule has 0 bridgehead atoms. The van der Waals surface area contributed by atoms with Crippen LogP contribution >= 0.6 is 23.4 Å². The van der Waals surface area contributed by atoms with Gasteiger partial charge in [-0.3, -0.25) is 14.3 Å². The van der Waals surface area contributed by atoms with Crippen molar-refractivity contribution < 1.29 is 4.74 Å². The monoisotopic (exact) mass is 434 g/mol. The maximum Gasteiger partial charge on any atom is 0.295 e. The summed E-state index contributed by atoms with van der Waals surface area (Å²) in [6.45, 7) is 6.40. The van der Waals surface area contributed by atoms with Gasteiger partial charge in [-0.15, -0.1) is 11.8 Å². The molecule has 0 aliphatic carbocycles. The molecule has 0 saturated heterocycles. The van der Waals surface area contributed by atoms with Crippen molar-refractivity contribution in [3.8, 4) is 5.88 Å². The zero-order valence-corrected chi connectivity index (χ0v) is 18.3. The Bertz CT molecular complexity index is 1060. The molecule has 29 heavy (non-hydrogen) atoms. The molecule has 3 heterocycles. The molecule has 0 aliphatic rings. The van der Waals surface area contributed by atoms with E-state index in [9.17, 15) is 4.79 Å². The fraction of sp³-hybridized carbons (Fsp3) is 0.421. The lowest BCUT2D eigenvalue weighted by Gasteiger charge is -2.18. The van der Waals surface area contributed by atoms with Crippen molar-refractivity contribution in [1.29, 1.82) is 0 Å². The lowest BCUT2D eigenvalue weighted by atomic mass is 10.2. The van der Waals surface area contributed by atoms with E-state index in [4.69, 9.17) is 16.3 Å². The highest BCUT2D eigenvalue weighted by Gasteiger charge is 2.20. The zero-order chi connectivity index (χ0) is 21.0. The number of nitrogens with zero attached hydrogens (tertiary/aromatic N) is 5. The van der Waals surface area contributed by atoms with E-state index in [-0.39, 0.29) is 28.6 Å². The minimum absolute atomic E-state index is 0.00236. The van der Waals surface area contributed by atoms with Crippen molar-refractivity contribution in [2.75, 3.05) is 18.2 Å².